The Balaban J connectivity index is 2.27. The predicted octanol–water partition coefficient (Wildman–Crippen LogP) is 2.74. The number of hydrogen-bond acceptors (Lipinski definition) is 3. The van der Waals surface area contributed by atoms with Gasteiger partial charge in [0.2, 0.25) is 0 Å². The molecule has 0 radical (unpaired) electrons. The molecule has 3 N–H and O–H groups in total. The van der Waals surface area contributed by atoms with Gasteiger partial charge < -0.3 is 11.1 Å². The van der Waals surface area contributed by atoms with E-state index in [2.05, 4.69) is 22.2 Å². The van der Waals surface area contributed by atoms with Crippen molar-refractivity contribution >= 4 is 17.3 Å². The van der Waals surface area contributed by atoms with Gasteiger partial charge in [-0.1, -0.05) is 26.2 Å². The highest BCUT2D eigenvalue weighted by molar-refractivity contribution is 7.11. The third kappa shape index (κ3) is 5.49. The van der Waals surface area contributed by atoms with Crippen LogP contribution < -0.4 is 11.1 Å². The molecule has 1 aromatic heterocycles. The molecule has 0 unspecified atom stereocenters. The Morgan fingerprint density at radius 2 is 2.11 bits per heavy atom. The summed E-state index contributed by atoms with van der Waals surface area (Å²) in [7, 11) is 0. The van der Waals surface area contributed by atoms with Gasteiger partial charge in [0.05, 0.1) is 17.2 Å². The van der Waals surface area contributed by atoms with Crippen LogP contribution in [0.4, 0.5) is 0 Å². The average molecular weight is 268 g/mol. The molecule has 0 atom stereocenters. The summed E-state index contributed by atoms with van der Waals surface area (Å²) in [5, 5.41) is 4.24. The van der Waals surface area contributed by atoms with Gasteiger partial charge in [-0.2, -0.15) is 0 Å². The number of unbranched alkanes of at least 4 members (excludes halogenated alkanes) is 3. The van der Waals surface area contributed by atoms with Crippen molar-refractivity contribution in [3.8, 4) is 0 Å². The zero-order chi connectivity index (χ0) is 13.4. The second-order valence-corrected chi connectivity index (χ2v) is 5.72. The molecule has 0 aromatic carbocycles. The molecule has 0 aliphatic carbocycles. The molecule has 0 saturated heterocycles. The summed E-state index contributed by atoms with van der Waals surface area (Å²) in [6.07, 6.45) is 4.96. The number of aryl methyl sites for hydroxylation is 2. The lowest BCUT2D eigenvalue weighted by Gasteiger charge is -2.04. The van der Waals surface area contributed by atoms with Gasteiger partial charge >= 0.3 is 0 Å². The molecule has 1 rings (SSSR count). The Hall–Kier alpha value is -1.10. The van der Waals surface area contributed by atoms with Crippen LogP contribution in [0.2, 0.25) is 0 Å². The molecule has 102 valence electrons. The number of rotatable bonds is 7. The maximum absolute atomic E-state index is 5.82. The normalized spacial score (nSPS) is 11.8. The lowest BCUT2D eigenvalue weighted by Crippen LogP contribution is -2.32. The number of nitrogens with zero attached hydrogens (tertiary/aromatic N) is 2. The number of aliphatic imine (C=N–C) groups is 1. The Morgan fingerprint density at radius 1 is 1.33 bits per heavy atom. The number of hydrogen-bond donors (Lipinski definition) is 2. The molecule has 0 spiro atoms. The summed E-state index contributed by atoms with van der Waals surface area (Å²) >= 11 is 1.69. The van der Waals surface area contributed by atoms with Crippen LogP contribution in [0.25, 0.3) is 0 Å². The van der Waals surface area contributed by atoms with Gasteiger partial charge in [-0.3, -0.25) is 0 Å². The first-order chi connectivity index (χ1) is 8.63. The minimum Gasteiger partial charge on any atom is -0.370 e. The Labute approximate surface area is 114 Å². The molecule has 0 fully saturated rings. The van der Waals surface area contributed by atoms with Gasteiger partial charge in [0.15, 0.2) is 5.96 Å². The molecule has 0 amide bonds. The lowest BCUT2D eigenvalue weighted by atomic mass is 10.2. The van der Waals surface area contributed by atoms with Crippen molar-refractivity contribution in [1.29, 1.82) is 0 Å². The van der Waals surface area contributed by atoms with E-state index in [1.807, 2.05) is 13.8 Å². The highest BCUT2D eigenvalue weighted by Crippen LogP contribution is 2.17. The third-order valence-corrected chi connectivity index (χ3v) is 3.79. The minimum absolute atomic E-state index is 0.539. The number of guanidine groups is 1. The molecule has 0 aliphatic rings. The van der Waals surface area contributed by atoms with Crippen LogP contribution in [-0.2, 0) is 6.54 Å². The zero-order valence-corrected chi connectivity index (χ0v) is 12.4. The molecule has 1 heterocycles. The summed E-state index contributed by atoms with van der Waals surface area (Å²) in [5.74, 6) is 0.539. The van der Waals surface area contributed by atoms with E-state index >= 15 is 0 Å². The topological polar surface area (TPSA) is 63.3 Å². The van der Waals surface area contributed by atoms with Crippen LogP contribution in [0.15, 0.2) is 4.99 Å². The highest BCUT2D eigenvalue weighted by Gasteiger charge is 2.03. The van der Waals surface area contributed by atoms with Crippen molar-refractivity contribution in [3.05, 3.63) is 15.6 Å². The Bertz CT molecular complexity index is 384. The van der Waals surface area contributed by atoms with Crippen molar-refractivity contribution in [3.63, 3.8) is 0 Å². The first kappa shape index (κ1) is 15.0. The van der Waals surface area contributed by atoms with E-state index in [4.69, 9.17) is 5.73 Å². The van der Waals surface area contributed by atoms with Crippen molar-refractivity contribution in [1.82, 2.24) is 10.3 Å². The highest BCUT2D eigenvalue weighted by atomic mass is 32.1. The first-order valence-corrected chi connectivity index (χ1v) is 7.41. The molecule has 0 aliphatic heterocycles. The van der Waals surface area contributed by atoms with Gasteiger partial charge in [-0.15, -0.1) is 11.3 Å². The Morgan fingerprint density at radius 3 is 2.72 bits per heavy atom. The standard InChI is InChI=1S/C13H24N4S/c1-4-5-6-7-8-15-13(14)16-9-12-10(2)17-11(3)18-12/h4-9H2,1-3H3,(H3,14,15,16). The zero-order valence-electron chi connectivity index (χ0n) is 11.6. The molecule has 18 heavy (non-hydrogen) atoms. The summed E-state index contributed by atoms with van der Waals surface area (Å²) in [4.78, 5) is 9.91. The van der Waals surface area contributed by atoms with E-state index in [-0.39, 0.29) is 0 Å². The van der Waals surface area contributed by atoms with Crippen LogP contribution in [0.3, 0.4) is 0 Å². The maximum atomic E-state index is 5.82. The monoisotopic (exact) mass is 268 g/mol. The van der Waals surface area contributed by atoms with Gasteiger partial charge in [-0.25, -0.2) is 9.98 Å². The van der Waals surface area contributed by atoms with E-state index in [1.165, 1.54) is 24.1 Å². The first-order valence-electron chi connectivity index (χ1n) is 6.60. The average Bonchev–Trinajstić information content (AvgIpc) is 2.65. The predicted molar refractivity (Wildman–Crippen MR) is 79.1 cm³/mol. The second-order valence-electron chi connectivity index (χ2n) is 4.43. The lowest BCUT2D eigenvalue weighted by molar-refractivity contribution is 0.652. The largest absolute Gasteiger partial charge is 0.370 e. The van der Waals surface area contributed by atoms with E-state index in [9.17, 15) is 0 Å². The number of nitrogens with one attached hydrogen (secondary N) is 1. The quantitative estimate of drug-likeness (QED) is 0.454. The van der Waals surface area contributed by atoms with E-state index in [1.54, 1.807) is 11.3 Å². The van der Waals surface area contributed by atoms with Gasteiger partial charge in [0.1, 0.15) is 0 Å². The van der Waals surface area contributed by atoms with Gasteiger partial charge in [-0.05, 0) is 20.3 Å². The molecule has 1 aromatic rings. The fraction of sp³-hybridized carbons (Fsp3) is 0.692. The Kier molecular flexibility index (Phi) is 6.72. The smallest absolute Gasteiger partial charge is 0.188 e. The fourth-order valence-corrected chi connectivity index (χ4v) is 2.56. The number of aromatic nitrogens is 1. The van der Waals surface area contributed by atoms with Crippen molar-refractivity contribution in [2.75, 3.05) is 6.54 Å². The summed E-state index contributed by atoms with van der Waals surface area (Å²) in [5.41, 5.74) is 6.88. The van der Waals surface area contributed by atoms with E-state index in [0.29, 0.717) is 12.5 Å². The molecule has 5 heteroatoms. The maximum Gasteiger partial charge on any atom is 0.188 e. The fourth-order valence-electron chi connectivity index (χ4n) is 1.70. The summed E-state index contributed by atoms with van der Waals surface area (Å²) < 4.78 is 0. The molecule has 0 saturated carbocycles. The SMILES string of the molecule is CCCCCCNC(N)=NCc1sc(C)nc1C. The van der Waals surface area contributed by atoms with E-state index in [0.717, 1.165) is 23.7 Å². The number of thiazole rings is 1. The summed E-state index contributed by atoms with van der Waals surface area (Å²) in [6, 6.07) is 0. The van der Waals surface area contributed by atoms with Crippen molar-refractivity contribution in [2.45, 2.75) is 53.0 Å². The molecular weight excluding hydrogens is 244 g/mol. The van der Waals surface area contributed by atoms with Crippen molar-refractivity contribution < 1.29 is 0 Å². The number of nitrogens with two attached hydrogens (primary N) is 1. The minimum atomic E-state index is 0.539. The van der Waals surface area contributed by atoms with E-state index < -0.39 is 0 Å². The van der Waals surface area contributed by atoms with Gasteiger partial charge in [0.25, 0.3) is 0 Å². The molecular formula is C13H24N4S. The third-order valence-electron chi connectivity index (χ3n) is 2.73. The van der Waals surface area contributed by atoms with Gasteiger partial charge in [0, 0.05) is 11.4 Å². The second kappa shape index (κ2) is 8.08. The van der Waals surface area contributed by atoms with Crippen LogP contribution in [0.5, 0.6) is 0 Å². The van der Waals surface area contributed by atoms with Crippen LogP contribution in [0, 0.1) is 13.8 Å². The van der Waals surface area contributed by atoms with Crippen LogP contribution in [-0.4, -0.2) is 17.5 Å². The van der Waals surface area contributed by atoms with Crippen LogP contribution in [0.1, 0.15) is 48.2 Å². The molecule has 4 nitrogen and oxygen atoms in total. The summed E-state index contributed by atoms with van der Waals surface area (Å²) in [6.45, 7) is 7.78. The molecule has 0 bridgehead atoms. The van der Waals surface area contributed by atoms with Crippen molar-refractivity contribution in [2.24, 2.45) is 10.7 Å². The van der Waals surface area contributed by atoms with Crippen LogP contribution >= 0.6 is 11.3 Å².